The van der Waals surface area contributed by atoms with Crippen LogP contribution in [-0.2, 0) is 4.74 Å². The normalized spacial score (nSPS) is 28.0. The summed E-state index contributed by atoms with van der Waals surface area (Å²) < 4.78 is 5.56. The number of guanidine groups is 1. The van der Waals surface area contributed by atoms with Crippen molar-refractivity contribution in [3.63, 3.8) is 0 Å². The lowest BCUT2D eigenvalue weighted by Crippen LogP contribution is -2.56. The molecule has 3 rings (SSSR count). The second kappa shape index (κ2) is 7.84. The van der Waals surface area contributed by atoms with E-state index in [-0.39, 0.29) is 5.54 Å². The number of ether oxygens (including phenoxy) is 1. The highest BCUT2D eigenvalue weighted by atomic mass is 16.5. The fourth-order valence-corrected chi connectivity index (χ4v) is 4.39. The zero-order valence-corrected chi connectivity index (χ0v) is 14.8. The van der Waals surface area contributed by atoms with Gasteiger partial charge in [-0.3, -0.25) is 9.89 Å². The minimum absolute atomic E-state index is 0.232. The second-order valence-electron chi connectivity index (χ2n) is 7.73. The predicted octanol–water partition coefficient (Wildman–Crippen LogP) is 2.07. The van der Waals surface area contributed by atoms with E-state index in [9.17, 15) is 0 Å². The maximum Gasteiger partial charge on any atom is 0.191 e. The van der Waals surface area contributed by atoms with Crippen molar-refractivity contribution in [1.82, 2.24) is 9.80 Å². The van der Waals surface area contributed by atoms with Crippen LogP contribution >= 0.6 is 0 Å². The first kappa shape index (κ1) is 17.0. The van der Waals surface area contributed by atoms with Crippen LogP contribution < -0.4 is 5.73 Å². The van der Waals surface area contributed by atoms with Crippen LogP contribution in [-0.4, -0.2) is 67.2 Å². The van der Waals surface area contributed by atoms with Crippen molar-refractivity contribution in [2.45, 2.75) is 57.4 Å². The van der Waals surface area contributed by atoms with Crippen molar-refractivity contribution in [1.29, 1.82) is 0 Å². The average molecular weight is 322 g/mol. The third-order valence-electron chi connectivity index (χ3n) is 6.11. The number of morpholine rings is 1. The molecule has 0 amide bonds. The number of piperidine rings is 1. The van der Waals surface area contributed by atoms with E-state index in [4.69, 9.17) is 15.5 Å². The topological polar surface area (TPSA) is 54.1 Å². The minimum atomic E-state index is 0.232. The van der Waals surface area contributed by atoms with Crippen LogP contribution in [0.2, 0.25) is 0 Å². The Morgan fingerprint density at radius 3 is 2.39 bits per heavy atom. The van der Waals surface area contributed by atoms with Gasteiger partial charge in [0, 0.05) is 31.7 Å². The summed E-state index contributed by atoms with van der Waals surface area (Å²) in [5.74, 6) is 1.60. The van der Waals surface area contributed by atoms with Crippen molar-refractivity contribution >= 4 is 5.96 Å². The van der Waals surface area contributed by atoms with E-state index in [0.29, 0.717) is 0 Å². The van der Waals surface area contributed by atoms with Crippen molar-refractivity contribution in [2.75, 3.05) is 45.9 Å². The molecule has 5 nitrogen and oxygen atoms in total. The van der Waals surface area contributed by atoms with Gasteiger partial charge in [-0.15, -0.1) is 0 Å². The molecule has 0 unspecified atom stereocenters. The van der Waals surface area contributed by atoms with Gasteiger partial charge in [0.15, 0.2) is 5.96 Å². The zero-order chi connectivity index (χ0) is 16.1. The molecule has 2 saturated heterocycles. The molecule has 2 N–H and O–H groups in total. The molecule has 0 bridgehead atoms. The van der Waals surface area contributed by atoms with Crippen molar-refractivity contribution in [3.05, 3.63) is 0 Å². The first-order valence-corrected chi connectivity index (χ1v) is 9.57. The molecule has 1 saturated carbocycles. The van der Waals surface area contributed by atoms with E-state index in [2.05, 4.69) is 16.7 Å². The van der Waals surface area contributed by atoms with E-state index in [0.717, 1.165) is 57.8 Å². The number of hydrogen-bond acceptors (Lipinski definition) is 3. The molecule has 0 aromatic heterocycles. The Balaban J connectivity index is 1.64. The molecule has 0 spiro atoms. The van der Waals surface area contributed by atoms with E-state index < -0.39 is 0 Å². The number of hydrogen-bond donors (Lipinski definition) is 1. The predicted molar refractivity (Wildman–Crippen MR) is 94.7 cm³/mol. The Hall–Kier alpha value is -0.810. The molecule has 0 atom stereocenters. The molecular weight excluding hydrogens is 288 g/mol. The second-order valence-corrected chi connectivity index (χ2v) is 7.73. The molecule has 23 heavy (non-hydrogen) atoms. The molecule has 3 fully saturated rings. The van der Waals surface area contributed by atoms with Crippen LogP contribution in [0.1, 0.15) is 51.9 Å². The molecule has 3 aliphatic rings. The van der Waals surface area contributed by atoms with Gasteiger partial charge >= 0.3 is 0 Å². The lowest BCUT2D eigenvalue weighted by atomic mass is 9.80. The van der Waals surface area contributed by atoms with Crippen LogP contribution in [0.5, 0.6) is 0 Å². The monoisotopic (exact) mass is 322 g/mol. The van der Waals surface area contributed by atoms with E-state index in [1.165, 1.54) is 44.9 Å². The first-order chi connectivity index (χ1) is 11.2. The SMILES string of the molecule is CC1CCN(C(N)=NCC2(N3CCOCC3)CCCCC2)CC1. The Morgan fingerprint density at radius 2 is 1.74 bits per heavy atom. The minimum Gasteiger partial charge on any atom is -0.379 e. The third-order valence-corrected chi connectivity index (χ3v) is 6.11. The molecule has 2 heterocycles. The van der Waals surface area contributed by atoms with Gasteiger partial charge in [0.25, 0.3) is 0 Å². The van der Waals surface area contributed by atoms with Crippen molar-refractivity contribution < 1.29 is 4.74 Å². The lowest BCUT2D eigenvalue weighted by molar-refractivity contribution is -0.0334. The summed E-state index contributed by atoms with van der Waals surface area (Å²) >= 11 is 0. The van der Waals surface area contributed by atoms with Crippen LogP contribution in [0.4, 0.5) is 0 Å². The summed E-state index contributed by atoms with van der Waals surface area (Å²) in [6.45, 7) is 9.18. The highest BCUT2D eigenvalue weighted by Crippen LogP contribution is 2.34. The maximum absolute atomic E-state index is 6.33. The number of nitrogens with two attached hydrogens (primary N) is 1. The first-order valence-electron chi connectivity index (χ1n) is 9.57. The number of rotatable bonds is 3. The Morgan fingerprint density at radius 1 is 1.09 bits per heavy atom. The quantitative estimate of drug-likeness (QED) is 0.638. The summed E-state index contributed by atoms with van der Waals surface area (Å²) in [6, 6.07) is 0. The average Bonchev–Trinajstić information content (AvgIpc) is 2.62. The van der Waals surface area contributed by atoms with Gasteiger partial charge in [-0.05, 0) is 31.6 Å². The van der Waals surface area contributed by atoms with Gasteiger partial charge in [-0.2, -0.15) is 0 Å². The third kappa shape index (κ3) is 4.18. The van der Waals surface area contributed by atoms with Gasteiger partial charge < -0.3 is 15.4 Å². The van der Waals surface area contributed by atoms with Crippen LogP contribution in [0.3, 0.4) is 0 Å². The lowest BCUT2D eigenvalue weighted by Gasteiger charge is -2.47. The molecule has 1 aliphatic carbocycles. The fraction of sp³-hybridized carbons (Fsp3) is 0.944. The van der Waals surface area contributed by atoms with E-state index in [1.54, 1.807) is 0 Å². The summed E-state index contributed by atoms with van der Waals surface area (Å²) in [4.78, 5) is 9.81. The molecule has 0 aromatic carbocycles. The van der Waals surface area contributed by atoms with Gasteiger partial charge in [0.05, 0.1) is 19.8 Å². The molecule has 0 aromatic rings. The summed E-state index contributed by atoms with van der Waals surface area (Å²) in [5, 5.41) is 0. The largest absolute Gasteiger partial charge is 0.379 e. The molecule has 132 valence electrons. The van der Waals surface area contributed by atoms with E-state index in [1.807, 2.05) is 0 Å². The standard InChI is InChI=1S/C18H34N4O/c1-16-5-9-21(10-6-16)17(19)20-15-18(7-3-2-4-8-18)22-11-13-23-14-12-22/h16H,2-15H2,1H3,(H2,19,20). The molecule has 2 aliphatic heterocycles. The van der Waals surface area contributed by atoms with Gasteiger partial charge in [0.1, 0.15) is 0 Å². The van der Waals surface area contributed by atoms with Crippen LogP contribution in [0.15, 0.2) is 4.99 Å². The summed E-state index contributed by atoms with van der Waals surface area (Å²) in [6.07, 6.45) is 9.04. The summed E-state index contributed by atoms with van der Waals surface area (Å²) in [7, 11) is 0. The number of likely N-dealkylation sites (tertiary alicyclic amines) is 1. The van der Waals surface area contributed by atoms with Gasteiger partial charge in [-0.25, -0.2) is 0 Å². The zero-order valence-electron chi connectivity index (χ0n) is 14.8. The number of nitrogens with zero attached hydrogens (tertiary/aromatic N) is 3. The highest BCUT2D eigenvalue weighted by Gasteiger charge is 2.38. The van der Waals surface area contributed by atoms with E-state index >= 15 is 0 Å². The Labute approximate surface area is 141 Å². The molecular formula is C18H34N4O. The smallest absolute Gasteiger partial charge is 0.191 e. The van der Waals surface area contributed by atoms with Crippen molar-refractivity contribution in [2.24, 2.45) is 16.6 Å². The Bertz CT molecular complexity index is 392. The number of aliphatic imine (C=N–C) groups is 1. The van der Waals surface area contributed by atoms with Gasteiger partial charge in [0.2, 0.25) is 0 Å². The van der Waals surface area contributed by atoms with Crippen molar-refractivity contribution in [3.8, 4) is 0 Å². The van der Waals surface area contributed by atoms with Crippen LogP contribution in [0.25, 0.3) is 0 Å². The molecule has 0 radical (unpaired) electrons. The van der Waals surface area contributed by atoms with Crippen LogP contribution in [0, 0.1) is 5.92 Å². The Kier molecular flexibility index (Phi) is 5.81. The maximum atomic E-state index is 6.33. The summed E-state index contributed by atoms with van der Waals surface area (Å²) in [5.41, 5.74) is 6.56. The molecule has 5 heteroatoms. The fourth-order valence-electron chi connectivity index (χ4n) is 4.39. The highest BCUT2D eigenvalue weighted by molar-refractivity contribution is 5.78. The van der Waals surface area contributed by atoms with Gasteiger partial charge in [-0.1, -0.05) is 26.2 Å².